The Balaban J connectivity index is 1.40. The van der Waals surface area contributed by atoms with Gasteiger partial charge >= 0.3 is 16.2 Å². The van der Waals surface area contributed by atoms with E-state index >= 15 is 0 Å². The quantitative estimate of drug-likeness (QED) is 0.245. The first kappa shape index (κ1) is 27.9. The molecule has 39 heavy (non-hydrogen) atoms. The number of nitrogens with one attached hydrogen (secondary N) is 1. The van der Waals surface area contributed by atoms with Gasteiger partial charge in [-0.2, -0.15) is 8.42 Å². The molecule has 9 nitrogen and oxygen atoms in total. The van der Waals surface area contributed by atoms with E-state index in [-0.39, 0.29) is 6.54 Å². The van der Waals surface area contributed by atoms with Gasteiger partial charge < -0.3 is 14.0 Å². The summed E-state index contributed by atoms with van der Waals surface area (Å²) in [5.41, 5.74) is 4.78. The van der Waals surface area contributed by atoms with Crippen LogP contribution >= 0.6 is 0 Å². The molecule has 0 saturated heterocycles. The zero-order chi connectivity index (χ0) is 28.0. The molecule has 4 rings (SSSR count). The Hall–Kier alpha value is -4.15. The van der Waals surface area contributed by atoms with Gasteiger partial charge in [-0.25, -0.2) is 4.98 Å². The highest BCUT2D eigenvalue weighted by Crippen LogP contribution is 2.23. The van der Waals surface area contributed by atoms with E-state index in [9.17, 15) is 13.2 Å². The second-order valence-corrected chi connectivity index (χ2v) is 10.7. The van der Waals surface area contributed by atoms with Gasteiger partial charge in [0.25, 0.3) is 0 Å². The van der Waals surface area contributed by atoms with Gasteiger partial charge in [0, 0.05) is 24.6 Å². The highest BCUT2D eigenvalue weighted by molar-refractivity contribution is 7.90. The van der Waals surface area contributed by atoms with Crippen LogP contribution in [-0.2, 0) is 32.8 Å². The van der Waals surface area contributed by atoms with Crippen molar-refractivity contribution < 1.29 is 27.2 Å². The summed E-state index contributed by atoms with van der Waals surface area (Å²) in [7, 11) is -4.19. The molecule has 1 aromatic heterocycles. The third-order valence-corrected chi connectivity index (χ3v) is 7.04. The SMILES string of the molecule is CC(=O)ON(Cc1cccc(OCCc2nc(-c3ccc(C)cc3)oc2C)c1)S(=O)(=O)Nc1ccc(C)cc1. The van der Waals surface area contributed by atoms with Gasteiger partial charge in [-0.1, -0.05) is 47.5 Å². The predicted molar refractivity (Wildman–Crippen MR) is 148 cm³/mol. The summed E-state index contributed by atoms with van der Waals surface area (Å²) in [6.07, 6.45) is 0.528. The number of hydroxylamine groups is 1. The van der Waals surface area contributed by atoms with Crippen LogP contribution in [0.2, 0.25) is 0 Å². The standard InChI is InChI=1S/C29H31N3O6S/c1-20-8-12-25(13-9-20)29-30-28(22(3)37-29)16-17-36-27-7-5-6-24(18-27)19-32(38-23(4)33)39(34,35)31-26-14-10-21(2)11-15-26/h5-15,18,31H,16-17,19H2,1-4H3. The summed E-state index contributed by atoms with van der Waals surface area (Å²) in [6, 6.07) is 21.7. The number of carbonyl (C=O) groups is 1. The van der Waals surface area contributed by atoms with Gasteiger partial charge in [0.2, 0.25) is 5.89 Å². The summed E-state index contributed by atoms with van der Waals surface area (Å²) < 4.78 is 40.8. The lowest BCUT2D eigenvalue weighted by Crippen LogP contribution is -2.36. The molecule has 4 aromatic rings. The van der Waals surface area contributed by atoms with Crippen molar-refractivity contribution in [3.8, 4) is 17.2 Å². The van der Waals surface area contributed by atoms with E-state index in [1.807, 2.05) is 45.0 Å². The molecule has 0 aliphatic rings. The first-order valence-electron chi connectivity index (χ1n) is 12.4. The van der Waals surface area contributed by atoms with Crippen molar-refractivity contribution in [2.75, 3.05) is 11.3 Å². The number of carbonyl (C=O) groups excluding carboxylic acids is 1. The lowest BCUT2D eigenvalue weighted by Gasteiger charge is -2.21. The third-order valence-electron chi connectivity index (χ3n) is 5.81. The van der Waals surface area contributed by atoms with E-state index < -0.39 is 16.2 Å². The fraction of sp³-hybridized carbons (Fsp3) is 0.241. The van der Waals surface area contributed by atoms with Gasteiger partial charge in [0.1, 0.15) is 11.5 Å². The Bertz CT molecular complexity index is 1530. The fourth-order valence-electron chi connectivity index (χ4n) is 3.76. The number of hydrogen-bond donors (Lipinski definition) is 1. The molecule has 10 heteroatoms. The summed E-state index contributed by atoms with van der Waals surface area (Å²) in [6.45, 7) is 7.07. The molecule has 0 fully saturated rings. The minimum atomic E-state index is -4.19. The smallest absolute Gasteiger partial charge is 0.333 e. The van der Waals surface area contributed by atoms with Crippen molar-refractivity contribution in [2.24, 2.45) is 0 Å². The number of benzene rings is 3. The normalized spacial score (nSPS) is 11.4. The van der Waals surface area contributed by atoms with E-state index in [0.717, 1.165) is 35.1 Å². The van der Waals surface area contributed by atoms with Crippen LogP contribution < -0.4 is 9.46 Å². The largest absolute Gasteiger partial charge is 0.493 e. The van der Waals surface area contributed by atoms with Crippen molar-refractivity contribution in [1.29, 1.82) is 0 Å². The second-order valence-electron chi connectivity index (χ2n) is 9.15. The van der Waals surface area contributed by atoms with Crippen molar-refractivity contribution in [2.45, 2.75) is 40.7 Å². The summed E-state index contributed by atoms with van der Waals surface area (Å²) >= 11 is 0. The van der Waals surface area contributed by atoms with E-state index in [2.05, 4.69) is 9.71 Å². The van der Waals surface area contributed by atoms with Crippen LogP contribution in [0, 0.1) is 20.8 Å². The molecular weight excluding hydrogens is 518 g/mol. The molecule has 0 saturated carbocycles. The van der Waals surface area contributed by atoms with Crippen LogP contribution in [0.1, 0.15) is 35.1 Å². The number of nitrogens with zero attached hydrogens (tertiary/aromatic N) is 2. The number of rotatable bonds is 11. The lowest BCUT2D eigenvalue weighted by molar-refractivity contribution is -0.167. The van der Waals surface area contributed by atoms with E-state index in [1.54, 1.807) is 48.5 Å². The molecule has 204 valence electrons. The maximum atomic E-state index is 13.0. The van der Waals surface area contributed by atoms with E-state index in [0.29, 0.717) is 40.4 Å². The molecule has 0 bridgehead atoms. The number of ether oxygens (including phenoxy) is 1. The van der Waals surface area contributed by atoms with Crippen LogP contribution in [0.3, 0.4) is 0 Å². The molecule has 0 spiro atoms. The monoisotopic (exact) mass is 549 g/mol. The highest BCUT2D eigenvalue weighted by atomic mass is 32.2. The van der Waals surface area contributed by atoms with Crippen LogP contribution in [0.5, 0.6) is 5.75 Å². The van der Waals surface area contributed by atoms with Crippen molar-refractivity contribution >= 4 is 21.9 Å². The number of anilines is 1. The molecule has 0 atom stereocenters. The Kier molecular flexibility index (Phi) is 8.68. The number of oxazole rings is 1. The number of hydrogen-bond acceptors (Lipinski definition) is 7. The molecule has 0 aliphatic carbocycles. The van der Waals surface area contributed by atoms with Crippen molar-refractivity contribution in [3.05, 3.63) is 101 Å². The van der Waals surface area contributed by atoms with Crippen LogP contribution in [0.4, 0.5) is 5.69 Å². The molecule has 0 amide bonds. The average molecular weight is 550 g/mol. The van der Waals surface area contributed by atoms with Gasteiger partial charge in [-0.15, -0.1) is 0 Å². The lowest BCUT2D eigenvalue weighted by atomic mass is 10.1. The summed E-state index contributed by atoms with van der Waals surface area (Å²) in [4.78, 5) is 21.3. The molecule has 0 aliphatic heterocycles. The topological polar surface area (TPSA) is 111 Å². The Morgan fingerprint density at radius 2 is 1.64 bits per heavy atom. The zero-order valence-corrected chi connectivity index (χ0v) is 23.1. The van der Waals surface area contributed by atoms with Gasteiger partial charge in [-0.3, -0.25) is 9.52 Å². The van der Waals surface area contributed by atoms with Crippen LogP contribution in [0.15, 0.2) is 77.2 Å². The van der Waals surface area contributed by atoms with Gasteiger partial charge in [0.05, 0.1) is 18.8 Å². The number of aromatic nitrogens is 1. The highest BCUT2D eigenvalue weighted by Gasteiger charge is 2.26. The first-order valence-corrected chi connectivity index (χ1v) is 13.8. The summed E-state index contributed by atoms with van der Waals surface area (Å²) in [5.74, 6) is 1.07. The first-order chi connectivity index (χ1) is 18.6. The molecule has 1 heterocycles. The second kappa shape index (κ2) is 12.1. The molecule has 1 N–H and O–H groups in total. The van der Waals surface area contributed by atoms with Crippen molar-refractivity contribution in [1.82, 2.24) is 9.45 Å². The maximum absolute atomic E-state index is 13.0. The van der Waals surface area contributed by atoms with E-state index in [1.165, 1.54) is 0 Å². The zero-order valence-electron chi connectivity index (χ0n) is 22.3. The Morgan fingerprint density at radius 3 is 2.31 bits per heavy atom. The van der Waals surface area contributed by atoms with Crippen molar-refractivity contribution in [3.63, 3.8) is 0 Å². The Morgan fingerprint density at radius 1 is 0.974 bits per heavy atom. The predicted octanol–water partition coefficient (Wildman–Crippen LogP) is 5.53. The van der Waals surface area contributed by atoms with E-state index in [4.69, 9.17) is 14.0 Å². The fourth-order valence-corrected chi connectivity index (χ4v) is 4.82. The average Bonchev–Trinajstić information content (AvgIpc) is 3.25. The summed E-state index contributed by atoms with van der Waals surface area (Å²) in [5, 5.41) is 0. The van der Waals surface area contributed by atoms with Gasteiger partial charge in [0.15, 0.2) is 0 Å². The molecule has 0 radical (unpaired) electrons. The Labute approximate surface area is 228 Å². The van der Waals surface area contributed by atoms with Crippen LogP contribution in [-0.4, -0.2) is 30.4 Å². The third kappa shape index (κ3) is 7.68. The molecule has 3 aromatic carbocycles. The van der Waals surface area contributed by atoms with Crippen LogP contribution in [0.25, 0.3) is 11.5 Å². The minimum absolute atomic E-state index is 0.208. The number of aryl methyl sites for hydroxylation is 3. The molecule has 0 unspecified atom stereocenters. The maximum Gasteiger partial charge on any atom is 0.333 e. The minimum Gasteiger partial charge on any atom is -0.493 e. The van der Waals surface area contributed by atoms with Gasteiger partial charge in [-0.05, 0) is 67.2 Å². The molecular formula is C29H31N3O6S.